The van der Waals surface area contributed by atoms with Crippen molar-refractivity contribution in [2.24, 2.45) is 0 Å². The number of likely N-dealkylation sites (tertiary alicyclic amines) is 1. The number of piperidine rings is 1. The topological polar surface area (TPSA) is 60.9 Å². The largest absolute Gasteiger partial charge is 0.339 e. The molecular weight excluding hydrogens is 357 g/mol. The molecule has 0 saturated carbocycles. The van der Waals surface area contributed by atoms with Gasteiger partial charge in [-0.2, -0.15) is 17.0 Å². The highest BCUT2D eigenvalue weighted by Gasteiger charge is 2.36. The Kier molecular flexibility index (Phi) is 5.94. The Morgan fingerprint density at radius 2 is 1.77 bits per heavy atom. The second-order valence-electron chi connectivity index (χ2n) is 7.09. The minimum Gasteiger partial charge on any atom is -0.339 e. The number of amides is 1. The zero-order chi connectivity index (χ0) is 18.7. The first-order valence-corrected chi connectivity index (χ1v) is 10.6. The molecule has 0 spiro atoms. The van der Waals surface area contributed by atoms with E-state index in [1.54, 1.807) is 17.0 Å². The van der Waals surface area contributed by atoms with Crippen LogP contribution < -0.4 is 0 Å². The van der Waals surface area contributed by atoms with Crippen molar-refractivity contribution < 1.29 is 17.6 Å². The van der Waals surface area contributed by atoms with Gasteiger partial charge in [-0.3, -0.25) is 4.79 Å². The maximum absolute atomic E-state index is 13.0. The first-order chi connectivity index (χ1) is 12.4. The summed E-state index contributed by atoms with van der Waals surface area (Å²) in [6, 6.07) is 5.99. The van der Waals surface area contributed by atoms with E-state index in [0.717, 1.165) is 24.8 Å². The molecule has 1 aromatic carbocycles. The van der Waals surface area contributed by atoms with Gasteiger partial charge in [0.15, 0.2) is 0 Å². The normalized spacial score (nSPS) is 24.5. The second kappa shape index (κ2) is 8.02. The molecule has 26 heavy (non-hydrogen) atoms. The molecule has 6 nitrogen and oxygen atoms in total. The third-order valence-corrected chi connectivity index (χ3v) is 7.10. The van der Waals surface area contributed by atoms with Crippen molar-refractivity contribution in [3.8, 4) is 0 Å². The maximum Gasteiger partial charge on any atom is 0.282 e. The third-order valence-electron chi connectivity index (χ3n) is 5.17. The van der Waals surface area contributed by atoms with Crippen LogP contribution in [0.15, 0.2) is 24.3 Å². The zero-order valence-corrected chi connectivity index (χ0v) is 15.9. The summed E-state index contributed by atoms with van der Waals surface area (Å²) in [5, 5.41) is 0. The molecule has 3 rings (SSSR count). The van der Waals surface area contributed by atoms with Crippen LogP contribution in [0.2, 0.25) is 0 Å². The van der Waals surface area contributed by atoms with Crippen molar-refractivity contribution in [1.82, 2.24) is 13.5 Å². The molecule has 1 atom stereocenters. The third kappa shape index (κ3) is 4.24. The second-order valence-corrected chi connectivity index (χ2v) is 9.02. The summed E-state index contributed by atoms with van der Waals surface area (Å²) in [6.07, 6.45) is 3.72. The Balaban J connectivity index is 1.68. The molecule has 144 valence electrons. The first kappa shape index (κ1) is 19.3. The fourth-order valence-electron chi connectivity index (χ4n) is 3.64. The van der Waals surface area contributed by atoms with Crippen LogP contribution in [0, 0.1) is 5.82 Å². The molecule has 0 bridgehead atoms. The quantitative estimate of drug-likeness (QED) is 0.799. The number of carbonyl (C=O) groups is 1. The molecule has 2 aliphatic rings. The smallest absolute Gasteiger partial charge is 0.282 e. The monoisotopic (exact) mass is 383 g/mol. The van der Waals surface area contributed by atoms with Gasteiger partial charge in [-0.1, -0.05) is 12.1 Å². The minimum atomic E-state index is -3.70. The molecule has 2 fully saturated rings. The number of carbonyl (C=O) groups excluding carboxylic acids is 1. The van der Waals surface area contributed by atoms with Gasteiger partial charge in [-0.25, -0.2) is 4.39 Å². The van der Waals surface area contributed by atoms with E-state index in [-0.39, 0.29) is 30.9 Å². The minimum absolute atomic E-state index is 0.105. The lowest BCUT2D eigenvalue weighted by Gasteiger charge is -2.38. The predicted molar refractivity (Wildman–Crippen MR) is 96.9 cm³/mol. The van der Waals surface area contributed by atoms with Gasteiger partial charge in [0.25, 0.3) is 10.2 Å². The Hall–Kier alpha value is -1.51. The fraction of sp³-hybridized carbons (Fsp3) is 0.611. The van der Waals surface area contributed by atoms with Crippen LogP contribution in [0.5, 0.6) is 0 Å². The zero-order valence-electron chi connectivity index (χ0n) is 15.1. The van der Waals surface area contributed by atoms with E-state index < -0.39 is 10.2 Å². The Bertz CT molecular complexity index is 739. The molecule has 0 N–H and O–H groups in total. The molecule has 2 heterocycles. The van der Waals surface area contributed by atoms with Gasteiger partial charge in [0.05, 0.1) is 6.54 Å². The molecular formula is C18H26FN3O3S. The van der Waals surface area contributed by atoms with Gasteiger partial charge < -0.3 is 4.90 Å². The van der Waals surface area contributed by atoms with Crippen molar-refractivity contribution in [3.63, 3.8) is 0 Å². The van der Waals surface area contributed by atoms with Gasteiger partial charge in [-0.15, -0.1) is 0 Å². The van der Waals surface area contributed by atoms with Crippen LogP contribution in [0.3, 0.4) is 0 Å². The lowest BCUT2D eigenvalue weighted by atomic mass is 10.0. The van der Waals surface area contributed by atoms with Gasteiger partial charge in [0.1, 0.15) is 5.82 Å². The molecule has 2 aliphatic heterocycles. The van der Waals surface area contributed by atoms with Crippen LogP contribution in [0.4, 0.5) is 4.39 Å². The molecule has 0 radical (unpaired) electrons. The van der Waals surface area contributed by atoms with Crippen LogP contribution in [-0.2, 0) is 21.5 Å². The van der Waals surface area contributed by atoms with Crippen molar-refractivity contribution >= 4 is 16.1 Å². The Morgan fingerprint density at radius 3 is 2.46 bits per heavy atom. The predicted octanol–water partition coefficient (Wildman–Crippen LogP) is 1.98. The van der Waals surface area contributed by atoms with E-state index in [4.69, 9.17) is 0 Å². The molecule has 1 aromatic rings. The number of benzene rings is 1. The average Bonchev–Trinajstić information content (AvgIpc) is 2.60. The maximum atomic E-state index is 13.0. The van der Waals surface area contributed by atoms with Crippen LogP contribution in [-0.4, -0.2) is 60.1 Å². The van der Waals surface area contributed by atoms with Gasteiger partial charge in [0, 0.05) is 32.2 Å². The molecule has 0 unspecified atom stereocenters. The SMILES string of the molecule is C[C@@H]1CCCCN1C(=O)CN1CCCN(Cc2ccc(F)cc2)S1(=O)=O. The van der Waals surface area contributed by atoms with E-state index >= 15 is 0 Å². The number of halogens is 1. The van der Waals surface area contributed by atoms with E-state index in [2.05, 4.69) is 0 Å². The summed E-state index contributed by atoms with van der Waals surface area (Å²) < 4.78 is 41.5. The summed E-state index contributed by atoms with van der Waals surface area (Å²) >= 11 is 0. The van der Waals surface area contributed by atoms with Crippen LogP contribution >= 0.6 is 0 Å². The molecule has 0 aromatic heterocycles. The lowest BCUT2D eigenvalue weighted by molar-refractivity contribution is -0.134. The number of hydrogen-bond acceptors (Lipinski definition) is 3. The summed E-state index contributed by atoms with van der Waals surface area (Å²) in [6.45, 7) is 3.57. The first-order valence-electron chi connectivity index (χ1n) is 9.17. The summed E-state index contributed by atoms with van der Waals surface area (Å²) in [5.41, 5.74) is 0.729. The molecule has 8 heteroatoms. The van der Waals surface area contributed by atoms with Crippen LogP contribution in [0.25, 0.3) is 0 Å². The van der Waals surface area contributed by atoms with Crippen LogP contribution in [0.1, 0.15) is 38.2 Å². The molecule has 2 saturated heterocycles. The van der Waals surface area contributed by atoms with Crippen molar-refractivity contribution in [1.29, 1.82) is 0 Å². The summed E-state index contributed by atoms with van der Waals surface area (Å²) in [4.78, 5) is 14.4. The van der Waals surface area contributed by atoms with Crippen molar-refractivity contribution in [2.75, 3.05) is 26.2 Å². The lowest BCUT2D eigenvalue weighted by Crippen LogP contribution is -2.54. The Labute approximate surface area is 154 Å². The number of nitrogens with zero attached hydrogens (tertiary/aromatic N) is 3. The van der Waals surface area contributed by atoms with E-state index in [0.29, 0.717) is 26.1 Å². The van der Waals surface area contributed by atoms with Gasteiger partial charge >= 0.3 is 0 Å². The van der Waals surface area contributed by atoms with E-state index in [1.807, 2.05) is 6.92 Å². The van der Waals surface area contributed by atoms with Crippen molar-refractivity contribution in [3.05, 3.63) is 35.6 Å². The summed E-state index contributed by atoms with van der Waals surface area (Å²) in [5.74, 6) is -0.470. The van der Waals surface area contributed by atoms with Gasteiger partial charge in [-0.05, 0) is 50.3 Å². The fourth-order valence-corrected chi connectivity index (χ4v) is 5.27. The van der Waals surface area contributed by atoms with Gasteiger partial charge in [0.2, 0.25) is 5.91 Å². The van der Waals surface area contributed by atoms with E-state index in [9.17, 15) is 17.6 Å². The average molecular weight is 383 g/mol. The standard InChI is InChI=1S/C18H26FN3O3S/c1-15-5-2-3-12-22(15)18(23)14-21-11-4-10-20(26(21,24)25)13-16-6-8-17(19)9-7-16/h6-9,15H,2-5,10-14H2,1H3/t15-/m1/s1. The van der Waals surface area contributed by atoms with Crippen molar-refractivity contribution in [2.45, 2.75) is 45.2 Å². The van der Waals surface area contributed by atoms with E-state index in [1.165, 1.54) is 20.7 Å². The molecule has 1 amide bonds. The highest BCUT2D eigenvalue weighted by Crippen LogP contribution is 2.21. The highest BCUT2D eigenvalue weighted by molar-refractivity contribution is 7.86. The Morgan fingerprint density at radius 1 is 1.08 bits per heavy atom. The number of rotatable bonds is 4. The summed E-state index contributed by atoms with van der Waals surface area (Å²) in [7, 11) is -3.70. The molecule has 0 aliphatic carbocycles. The highest BCUT2D eigenvalue weighted by atomic mass is 32.2. The number of hydrogen-bond donors (Lipinski definition) is 0.